The molecular formula is C62H40N2S. The third-order valence-corrected chi connectivity index (χ3v) is 15.7. The minimum Gasteiger partial charge on any atom is -0.291 e. The van der Waals surface area contributed by atoms with E-state index < -0.39 is 0 Å². The Morgan fingerprint density at radius 3 is 1.69 bits per heavy atom. The van der Waals surface area contributed by atoms with Crippen LogP contribution in [0, 0.1) is 0 Å². The summed E-state index contributed by atoms with van der Waals surface area (Å²) in [6.07, 6.45) is 0. The minimum atomic E-state index is 0.00725. The van der Waals surface area contributed by atoms with Gasteiger partial charge in [-0.15, -0.1) is 11.3 Å². The molecule has 1 aliphatic rings. The third-order valence-electron chi connectivity index (χ3n) is 14.4. The molecule has 0 amide bonds. The van der Waals surface area contributed by atoms with Gasteiger partial charge in [0, 0.05) is 26.3 Å². The van der Waals surface area contributed by atoms with Gasteiger partial charge in [0.25, 0.3) is 0 Å². The summed E-state index contributed by atoms with van der Waals surface area (Å²) in [6.45, 7) is 4.68. The number of thiophene rings is 1. The summed E-state index contributed by atoms with van der Waals surface area (Å²) in [4.78, 5) is 5.48. The van der Waals surface area contributed by atoms with Gasteiger partial charge in [0.1, 0.15) is 0 Å². The Balaban J connectivity index is 0.864. The number of nitrogens with zero attached hydrogens (tertiary/aromatic N) is 2. The first-order chi connectivity index (χ1) is 32.0. The van der Waals surface area contributed by atoms with Crippen molar-refractivity contribution in [2.45, 2.75) is 19.3 Å². The van der Waals surface area contributed by atoms with Crippen LogP contribution in [0.5, 0.6) is 0 Å². The quantitative estimate of drug-likeness (QED) is 0.172. The van der Waals surface area contributed by atoms with E-state index in [4.69, 9.17) is 4.98 Å². The molecular weight excluding hydrogens is 805 g/mol. The molecule has 0 saturated heterocycles. The van der Waals surface area contributed by atoms with Crippen LogP contribution in [0.3, 0.4) is 0 Å². The van der Waals surface area contributed by atoms with Crippen molar-refractivity contribution in [1.82, 2.24) is 9.38 Å². The van der Waals surface area contributed by atoms with Gasteiger partial charge < -0.3 is 0 Å². The number of hydrogen-bond donors (Lipinski definition) is 0. The Labute approximate surface area is 380 Å². The molecule has 0 saturated carbocycles. The second-order valence-electron chi connectivity index (χ2n) is 18.3. The van der Waals surface area contributed by atoms with Crippen LogP contribution in [0.15, 0.2) is 206 Å². The lowest BCUT2D eigenvalue weighted by molar-refractivity contribution is 0.660. The SMILES string of the molecule is CC1(C)c2ccccc2-c2cc(-c3ccc(-c4ccc(-c5ccc(-c6cc7c8ccc9ccccc9c8sc7c7nc8c9ccccc9ccc8n67)cc5)c5ccccc45)cc3)ccc21. The predicted octanol–water partition coefficient (Wildman–Crippen LogP) is 17.3. The van der Waals surface area contributed by atoms with Gasteiger partial charge in [0.2, 0.25) is 0 Å². The normalized spacial score (nSPS) is 13.2. The van der Waals surface area contributed by atoms with Crippen molar-refractivity contribution in [2.75, 3.05) is 0 Å². The topological polar surface area (TPSA) is 17.3 Å². The highest BCUT2D eigenvalue weighted by atomic mass is 32.1. The fraction of sp³-hybridized carbons (Fsp3) is 0.0484. The van der Waals surface area contributed by atoms with E-state index in [0.29, 0.717) is 0 Å². The molecule has 0 spiro atoms. The Kier molecular flexibility index (Phi) is 7.65. The Bertz CT molecular complexity index is 4130. The Morgan fingerprint density at radius 1 is 0.385 bits per heavy atom. The van der Waals surface area contributed by atoms with Gasteiger partial charge in [0.05, 0.1) is 21.4 Å². The third kappa shape index (κ3) is 5.31. The second kappa shape index (κ2) is 13.6. The summed E-state index contributed by atoms with van der Waals surface area (Å²) in [5.74, 6) is 0. The van der Waals surface area contributed by atoms with E-state index in [0.717, 1.165) is 27.9 Å². The highest BCUT2D eigenvalue weighted by Gasteiger charge is 2.35. The lowest BCUT2D eigenvalue weighted by Crippen LogP contribution is -2.14. The van der Waals surface area contributed by atoms with Crippen molar-refractivity contribution >= 4 is 80.5 Å². The lowest BCUT2D eigenvalue weighted by atomic mass is 9.82. The van der Waals surface area contributed by atoms with Gasteiger partial charge in [-0.05, 0) is 106 Å². The predicted molar refractivity (Wildman–Crippen MR) is 277 cm³/mol. The molecule has 0 atom stereocenters. The average molecular weight is 845 g/mol. The van der Waals surface area contributed by atoms with Crippen LogP contribution in [0.2, 0.25) is 0 Å². The van der Waals surface area contributed by atoms with Crippen molar-refractivity contribution in [1.29, 1.82) is 0 Å². The maximum atomic E-state index is 5.48. The highest BCUT2D eigenvalue weighted by Crippen LogP contribution is 2.50. The molecule has 0 radical (unpaired) electrons. The van der Waals surface area contributed by atoms with Crippen LogP contribution >= 0.6 is 11.3 Å². The second-order valence-corrected chi connectivity index (χ2v) is 19.3. The van der Waals surface area contributed by atoms with Gasteiger partial charge in [0.15, 0.2) is 5.65 Å². The standard InChI is InChI=1S/C62H40N2S/c1-62(2)54-18-10-9-17-50(54)52-35-43(28-33-55(52)62)37-19-21-40(22-20-37)44-31-32-45(49-16-8-7-15-48(44)49)41-23-25-42(26-24-41)57-36-53-51-30-27-39-12-4-6-14-47(39)59(51)65-60(53)61-63-58-46-13-5-3-11-38(46)29-34-56(58)64(57)61/h3-36H,1-2H3. The molecule has 3 heteroatoms. The van der Waals surface area contributed by atoms with Crippen LogP contribution in [0.4, 0.5) is 0 Å². The number of hydrogen-bond acceptors (Lipinski definition) is 2. The summed E-state index contributed by atoms with van der Waals surface area (Å²) in [6, 6.07) is 76.5. The largest absolute Gasteiger partial charge is 0.291 e. The molecule has 2 nitrogen and oxygen atoms in total. The number of benzene rings is 10. The van der Waals surface area contributed by atoms with Crippen molar-refractivity contribution in [3.05, 3.63) is 217 Å². The maximum absolute atomic E-state index is 5.48. The molecule has 0 fully saturated rings. The van der Waals surface area contributed by atoms with E-state index >= 15 is 0 Å². The number of fused-ring (bicyclic) bond motifs is 15. The van der Waals surface area contributed by atoms with Gasteiger partial charge in [-0.25, -0.2) is 4.98 Å². The zero-order valence-corrected chi connectivity index (χ0v) is 36.7. The minimum absolute atomic E-state index is 0.00725. The molecule has 10 aromatic carbocycles. The van der Waals surface area contributed by atoms with Gasteiger partial charge in [-0.1, -0.05) is 202 Å². The summed E-state index contributed by atoms with van der Waals surface area (Å²) in [5, 5.41) is 9.95. The molecule has 3 heterocycles. The molecule has 1 aliphatic carbocycles. The summed E-state index contributed by atoms with van der Waals surface area (Å²) < 4.78 is 4.93. The average Bonchev–Trinajstić information content (AvgIpc) is 4.02. The van der Waals surface area contributed by atoms with E-state index in [1.54, 1.807) is 0 Å². The molecule has 14 rings (SSSR count). The van der Waals surface area contributed by atoms with Crippen LogP contribution < -0.4 is 0 Å². The number of pyridine rings is 1. The first kappa shape index (κ1) is 36.6. The van der Waals surface area contributed by atoms with Gasteiger partial charge in [-0.2, -0.15) is 0 Å². The van der Waals surface area contributed by atoms with Gasteiger partial charge in [-0.3, -0.25) is 4.40 Å². The molecule has 3 aromatic heterocycles. The highest BCUT2D eigenvalue weighted by molar-refractivity contribution is 7.27. The molecule has 0 unspecified atom stereocenters. The maximum Gasteiger partial charge on any atom is 0.156 e. The van der Waals surface area contributed by atoms with E-state index in [-0.39, 0.29) is 5.41 Å². The van der Waals surface area contributed by atoms with Crippen LogP contribution in [-0.2, 0) is 5.41 Å². The molecule has 0 N–H and O–H groups in total. The van der Waals surface area contributed by atoms with Gasteiger partial charge >= 0.3 is 0 Å². The van der Waals surface area contributed by atoms with Crippen LogP contribution in [0.25, 0.3) is 125 Å². The smallest absolute Gasteiger partial charge is 0.156 e. The number of aromatic nitrogens is 2. The lowest BCUT2D eigenvalue weighted by Gasteiger charge is -2.21. The molecule has 304 valence electrons. The van der Waals surface area contributed by atoms with E-state index in [1.165, 1.54) is 108 Å². The Morgan fingerprint density at radius 2 is 0.954 bits per heavy atom. The fourth-order valence-electron chi connectivity index (χ4n) is 11.1. The van der Waals surface area contributed by atoms with Crippen molar-refractivity contribution in [3.63, 3.8) is 0 Å². The molecule has 0 bridgehead atoms. The molecule has 13 aromatic rings. The molecule has 0 aliphatic heterocycles. The molecule has 65 heavy (non-hydrogen) atoms. The Hall–Kier alpha value is -7.85. The summed E-state index contributed by atoms with van der Waals surface area (Å²) in [5.41, 5.74) is 18.3. The van der Waals surface area contributed by atoms with E-state index in [1.807, 2.05) is 11.3 Å². The zero-order valence-electron chi connectivity index (χ0n) is 35.9. The van der Waals surface area contributed by atoms with Crippen molar-refractivity contribution < 1.29 is 0 Å². The van der Waals surface area contributed by atoms with Crippen molar-refractivity contribution in [2.24, 2.45) is 0 Å². The first-order valence-corrected chi connectivity index (χ1v) is 23.3. The fourth-order valence-corrected chi connectivity index (χ4v) is 12.4. The summed E-state index contributed by atoms with van der Waals surface area (Å²) in [7, 11) is 0. The number of imidazole rings is 1. The van der Waals surface area contributed by atoms with Crippen LogP contribution in [-0.4, -0.2) is 9.38 Å². The summed E-state index contributed by atoms with van der Waals surface area (Å²) >= 11 is 1.86. The first-order valence-electron chi connectivity index (χ1n) is 22.5. The monoisotopic (exact) mass is 844 g/mol. The van der Waals surface area contributed by atoms with Crippen molar-refractivity contribution in [3.8, 4) is 55.8 Å². The van der Waals surface area contributed by atoms with E-state index in [9.17, 15) is 0 Å². The zero-order chi connectivity index (χ0) is 43.0. The van der Waals surface area contributed by atoms with E-state index in [2.05, 4.69) is 225 Å². The number of rotatable bonds is 4. The van der Waals surface area contributed by atoms with Crippen LogP contribution in [0.1, 0.15) is 25.0 Å².